The van der Waals surface area contributed by atoms with Gasteiger partial charge in [0, 0.05) is 25.0 Å². The number of hydrogen-bond acceptors (Lipinski definition) is 4. The van der Waals surface area contributed by atoms with E-state index in [0.717, 1.165) is 17.4 Å². The first-order valence-electron chi connectivity index (χ1n) is 5.14. The molecular weight excluding hydrogens is 298 g/mol. The second kappa shape index (κ2) is 4.90. The third-order valence-corrected chi connectivity index (χ3v) is 3.77. The van der Waals surface area contributed by atoms with Crippen molar-refractivity contribution in [2.24, 2.45) is 0 Å². The molecule has 0 spiro atoms. The topological polar surface area (TPSA) is 53.4 Å². The highest BCUT2D eigenvalue weighted by Crippen LogP contribution is 2.42. The fourth-order valence-electron chi connectivity index (χ4n) is 1.82. The Labute approximate surface area is 116 Å². The molecule has 2 heterocycles. The van der Waals surface area contributed by atoms with E-state index in [0.29, 0.717) is 0 Å². The number of nitrogens with zero attached hydrogens (tertiary/aromatic N) is 2. The molecule has 19 heavy (non-hydrogen) atoms. The van der Waals surface area contributed by atoms with Crippen LogP contribution in [0.1, 0.15) is 21.7 Å². The summed E-state index contributed by atoms with van der Waals surface area (Å²) in [6.45, 7) is 0. The van der Waals surface area contributed by atoms with Crippen molar-refractivity contribution in [3.63, 3.8) is 0 Å². The summed E-state index contributed by atoms with van der Waals surface area (Å²) >= 11 is 6.53. The molecule has 2 aromatic heterocycles. The number of anilines is 1. The van der Waals surface area contributed by atoms with Crippen molar-refractivity contribution < 1.29 is 18.7 Å². The van der Waals surface area contributed by atoms with E-state index in [4.69, 9.17) is 16.7 Å². The number of fused-ring (bicyclic) bond motifs is 1. The van der Waals surface area contributed by atoms with Crippen LogP contribution in [-0.2, 0) is 0 Å². The highest BCUT2D eigenvalue weighted by Gasteiger charge is 2.25. The Balaban J connectivity index is 2.93. The van der Waals surface area contributed by atoms with Crippen LogP contribution in [0.2, 0.25) is 5.15 Å². The van der Waals surface area contributed by atoms with Gasteiger partial charge in [-0.25, -0.2) is 18.6 Å². The first-order valence-corrected chi connectivity index (χ1v) is 6.34. The first-order chi connectivity index (χ1) is 8.82. The van der Waals surface area contributed by atoms with E-state index < -0.39 is 12.4 Å². The van der Waals surface area contributed by atoms with Gasteiger partial charge in [-0.3, -0.25) is 0 Å². The Morgan fingerprint density at radius 1 is 1.53 bits per heavy atom. The van der Waals surface area contributed by atoms with Gasteiger partial charge in [0.25, 0.3) is 6.43 Å². The van der Waals surface area contributed by atoms with Gasteiger partial charge in [0.1, 0.15) is 14.9 Å². The number of rotatable bonds is 3. The minimum absolute atomic E-state index is 0.0309. The summed E-state index contributed by atoms with van der Waals surface area (Å²) in [6, 6.07) is 1.07. The smallest absolute Gasteiger partial charge is 0.348 e. The lowest BCUT2D eigenvalue weighted by molar-refractivity contribution is 0.0702. The number of pyridine rings is 1. The molecule has 0 fully saturated rings. The van der Waals surface area contributed by atoms with Gasteiger partial charge < -0.3 is 10.0 Å². The number of carboxylic acid groups (broad SMARTS) is 1. The molecule has 0 saturated carbocycles. The molecule has 0 aromatic carbocycles. The molecule has 4 nitrogen and oxygen atoms in total. The molecule has 0 bridgehead atoms. The normalized spacial score (nSPS) is 11.3. The van der Waals surface area contributed by atoms with E-state index in [2.05, 4.69) is 4.98 Å². The van der Waals surface area contributed by atoms with Crippen molar-refractivity contribution in [2.45, 2.75) is 6.43 Å². The maximum atomic E-state index is 13.1. The molecule has 0 unspecified atom stereocenters. The average Bonchev–Trinajstić information content (AvgIpc) is 2.66. The average molecular weight is 307 g/mol. The monoisotopic (exact) mass is 306 g/mol. The van der Waals surface area contributed by atoms with E-state index in [1.54, 1.807) is 14.1 Å². The zero-order valence-electron chi connectivity index (χ0n) is 9.95. The lowest BCUT2D eigenvalue weighted by Gasteiger charge is -2.14. The van der Waals surface area contributed by atoms with Crippen molar-refractivity contribution in [1.29, 1.82) is 0 Å². The first kappa shape index (κ1) is 14.0. The highest BCUT2D eigenvalue weighted by atomic mass is 35.5. The van der Waals surface area contributed by atoms with Crippen LogP contribution in [0.25, 0.3) is 10.2 Å². The molecule has 0 radical (unpaired) electrons. The molecule has 2 aromatic rings. The second-order valence-corrected chi connectivity index (χ2v) is 5.38. The largest absolute Gasteiger partial charge is 0.477 e. The van der Waals surface area contributed by atoms with Crippen molar-refractivity contribution in [3.05, 3.63) is 21.7 Å². The van der Waals surface area contributed by atoms with Gasteiger partial charge in [-0.05, 0) is 6.07 Å². The second-order valence-electron chi connectivity index (χ2n) is 3.99. The molecule has 0 atom stereocenters. The van der Waals surface area contributed by atoms with Crippen LogP contribution in [0, 0.1) is 0 Å². The molecule has 1 N–H and O–H groups in total. The minimum atomic E-state index is -2.75. The third-order valence-electron chi connectivity index (χ3n) is 2.51. The summed E-state index contributed by atoms with van der Waals surface area (Å²) in [4.78, 5) is 16.8. The van der Waals surface area contributed by atoms with Gasteiger partial charge in [-0.2, -0.15) is 0 Å². The van der Waals surface area contributed by atoms with Gasteiger partial charge in [-0.15, -0.1) is 11.3 Å². The van der Waals surface area contributed by atoms with Crippen LogP contribution >= 0.6 is 22.9 Å². The van der Waals surface area contributed by atoms with Crippen LogP contribution in [-0.4, -0.2) is 30.2 Å². The number of hydrogen-bond donors (Lipinski definition) is 1. The molecule has 8 heteroatoms. The molecule has 0 aliphatic heterocycles. The Bertz CT molecular complexity index is 658. The van der Waals surface area contributed by atoms with Gasteiger partial charge in [0.2, 0.25) is 0 Å². The van der Waals surface area contributed by atoms with Gasteiger partial charge in [-0.1, -0.05) is 11.6 Å². The summed E-state index contributed by atoms with van der Waals surface area (Å²) in [5.41, 5.74) is -0.0746. The molecule has 0 amide bonds. The zero-order chi connectivity index (χ0) is 14.3. The Morgan fingerprint density at radius 2 is 2.16 bits per heavy atom. The van der Waals surface area contributed by atoms with Crippen LogP contribution in [0.15, 0.2) is 6.07 Å². The third kappa shape index (κ3) is 2.35. The summed E-state index contributed by atoms with van der Waals surface area (Å²) in [5.74, 6) is -1.18. The van der Waals surface area contributed by atoms with E-state index >= 15 is 0 Å². The van der Waals surface area contributed by atoms with Crippen LogP contribution in [0.3, 0.4) is 0 Å². The number of carboxylic acids is 1. The van der Waals surface area contributed by atoms with E-state index in [1.165, 1.54) is 4.90 Å². The Hall–Kier alpha value is -1.47. The fourth-order valence-corrected chi connectivity index (χ4v) is 3.20. The van der Waals surface area contributed by atoms with Gasteiger partial charge in [0.15, 0.2) is 0 Å². The molecular formula is C11H9ClF2N2O2S. The Kier molecular flexibility index (Phi) is 3.60. The van der Waals surface area contributed by atoms with Crippen molar-refractivity contribution >= 4 is 44.8 Å². The van der Waals surface area contributed by atoms with Crippen LogP contribution < -0.4 is 4.90 Å². The maximum Gasteiger partial charge on any atom is 0.348 e. The van der Waals surface area contributed by atoms with E-state index in [-0.39, 0.29) is 31.5 Å². The zero-order valence-corrected chi connectivity index (χ0v) is 11.5. The highest BCUT2D eigenvalue weighted by molar-refractivity contribution is 7.21. The summed E-state index contributed by atoms with van der Waals surface area (Å²) in [5, 5.41) is 9.22. The fraction of sp³-hybridized carbons (Fsp3) is 0.273. The maximum absolute atomic E-state index is 13.1. The molecule has 0 aliphatic rings. The van der Waals surface area contributed by atoms with E-state index in [1.807, 2.05) is 0 Å². The number of carbonyl (C=O) groups is 1. The predicted octanol–water partition coefficient (Wildman–Crippen LogP) is 3.65. The van der Waals surface area contributed by atoms with Crippen LogP contribution in [0.4, 0.5) is 14.5 Å². The Morgan fingerprint density at radius 3 is 2.63 bits per heavy atom. The molecule has 102 valence electrons. The SMILES string of the molecule is CN(C)c1c(C(=O)O)sc2nc(Cl)cc(C(F)F)c12. The number of halogens is 3. The lowest BCUT2D eigenvalue weighted by atomic mass is 10.1. The van der Waals surface area contributed by atoms with Crippen molar-refractivity contribution in [1.82, 2.24) is 4.98 Å². The summed E-state index contributed by atoms with van der Waals surface area (Å²) in [6.07, 6.45) is -2.75. The van der Waals surface area contributed by atoms with Crippen molar-refractivity contribution in [2.75, 3.05) is 19.0 Å². The van der Waals surface area contributed by atoms with Gasteiger partial charge >= 0.3 is 5.97 Å². The molecule has 2 rings (SSSR count). The van der Waals surface area contributed by atoms with Crippen LogP contribution in [0.5, 0.6) is 0 Å². The number of alkyl halides is 2. The number of aromatic nitrogens is 1. The van der Waals surface area contributed by atoms with Gasteiger partial charge in [0.05, 0.1) is 5.69 Å². The quantitative estimate of drug-likeness (QED) is 0.879. The minimum Gasteiger partial charge on any atom is -0.477 e. The standard InChI is InChI=1S/C11H9ClF2N2O2S/c1-16(2)7-6-4(9(13)14)3-5(12)15-10(6)19-8(7)11(17)18/h3,9H,1-2H3,(H,17,18). The lowest BCUT2D eigenvalue weighted by Crippen LogP contribution is -2.12. The summed E-state index contributed by atoms with van der Waals surface area (Å²) < 4.78 is 26.2. The van der Waals surface area contributed by atoms with E-state index in [9.17, 15) is 13.6 Å². The summed E-state index contributed by atoms with van der Waals surface area (Å²) in [7, 11) is 3.19. The van der Waals surface area contributed by atoms with Crippen molar-refractivity contribution in [3.8, 4) is 0 Å². The predicted molar refractivity (Wildman–Crippen MR) is 70.9 cm³/mol. The number of aromatic carboxylic acids is 1. The molecule has 0 saturated heterocycles. The number of thiophene rings is 1. The molecule has 0 aliphatic carbocycles.